The van der Waals surface area contributed by atoms with E-state index in [4.69, 9.17) is 0 Å². The predicted molar refractivity (Wildman–Crippen MR) is 101 cm³/mol. The fraction of sp³-hybridized carbons (Fsp3) is 0.529. The molecule has 2 aromatic rings. The number of hydrogen-bond acceptors (Lipinski definition) is 6. The fourth-order valence-corrected chi connectivity index (χ4v) is 5.28. The van der Waals surface area contributed by atoms with Crippen LogP contribution in [0.3, 0.4) is 0 Å². The summed E-state index contributed by atoms with van der Waals surface area (Å²) in [6.45, 7) is 7.35. The monoisotopic (exact) mass is 378 g/mol. The van der Waals surface area contributed by atoms with Crippen molar-refractivity contribution in [2.45, 2.75) is 63.3 Å². The van der Waals surface area contributed by atoms with Gasteiger partial charge in [0.25, 0.3) is 0 Å². The van der Waals surface area contributed by atoms with Gasteiger partial charge in [0.1, 0.15) is 15.7 Å². The SMILES string of the molecule is Cc1nc(S[C@H](C)C(=O)NC(=O)NC(C)C)c2c3c(sc2n1)CCC3. The van der Waals surface area contributed by atoms with Gasteiger partial charge in [-0.25, -0.2) is 14.8 Å². The lowest BCUT2D eigenvalue weighted by atomic mass is 10.2. The van der Waals surface area contributed by atoms with E-state index in [0.717, 1.165) is 28.1 Å². The Morgan fingerprint density at radius 3 is 2.68 bits per heavy atom. The van der Waals surface area contributed by atoms with E-state index in [1.54, 1.807) is 18.3 Å². The number of urea groups is 1. The van der Waals surface area contributed by atoms with Gasteiger partial charge in [-0.2, -0.15) is 0 Å². The highest BCUT2D eigenvalue weighted by atomic mass is 32.2. The molecule has 134 valence electrons. The number of nitrogens with zero attached hydrogens (tertiary/aromatic N) is 2. The molecule has 0 bridgehead atoms. The van der Waals surface area contributed by atoms with Gasteiger partial charge in [0.05, 0.1) is 5.25 Å². The predicted octanol–water partition coefficient (Wildman–Crippen LogP) is 3.20. The largest absolute Gasteiger partial charge is 0.336 e. The molecule has 1 aliphatic rings. The molecular weight excluding hydrogens is 356 g/mol. The summed E-state index contributed by atoms with van der Waals surface area (Å²) in [4.78, 5) is 35.6. The summed E-state index contributed by atoms with van der Waals surface area (Å²) < 4.78 is 0. The zero-order chi connectivity index (χ0) is 18.1. The molecular formula is C17H22N4O2S2. The van der Waals surface area contributed by atoms with E-state index in [0.29, 0.717) is 5.82 Å². The number of carbonyl (C=O) groups is 2. The van der Waals surface area contributed by atoms with E-state index in [1.165, 1.54) is 28.6 Å². The lowest BCUT2D eigenvalue weighted by Crippen LogP contribution is -2.45. The summed E-state index contributed by atoms with van der Waals surface area (Å²) in [5, 5.41) is 6.56. The standard InChI is InChI=1S/C17H22N4O2S2/c1-8(2)18-17(23)21-14(22)9(3)24-15-13-11-6-5-7-12(11)25-16(13)20-10(4)19-15/h8-9H,5-7H2,1-4H3,(H2,18,21,22,23)/t9-/m1/s1. The van der Waals surface area contributed by atoms with Crippen LogP contribution in [0.2, 0.25) is 0 Å². The maximum atomic E-state index is 12.3. The first kappa shape index (κ1) is 18.1. The molecule has 2 aromatic heterocycles. The number of imide groups is 1. The van der Waals surface area contributed by atoms with Crippen molar-refractivity contribution >= 4 is 45.3 Å². The van der Waals surface area contributed by atoms with E-state index >= 15 is 0 Å². The lowest BCUT2D eigenvalue weighted by Gasteiger charge is -2.14. The third-order valence-corrected chi connectivity index (χ3v) is 6.23. The molecule has 0 unspecified atom stereocenters. The van der Waals surface area contributed by atoms with Gasteiger partial charge in [0.2, 0.25) is 5.91 Å². The third-order valence-electron chi connectivity index (χ3n) is 3.96. The highest BCUT2D eigenvalue weighted by Crippen LogP contribution is 2.41. The van der Waals surface area contributed by atoms with Crippen LogP contribution in [-0.2, 0) is 17.6 Å². The molecule has 0 spiro atoms. The first-order chi connectivity index (χ1) is 11.8. The second-order valence-electron chi connectivity index (χ2n) is 6.49. The van der Waals surface area contributed by atoms with Crippen molar-refractivity contribution < 1.29 is 9.59 Å². The minimum absolute atomic E-state index is 0.0201. The number of amides is 3. The summed E-state index contributed by atoms with van der Waals surface area (Å²) in [7, 11) is 0. The van der Waals surface area contributed by atoms with Gasteiger partial charge in [-0.15, -0.1) is 11.3 Å². The summed E-state index contributed by atoms with van der Waals surface area (Å²) in [5.41, 5.74) is 1.34. The lowest BCUT2D eigenvalue weighted by molar-refractivity contribution is -0.119. The minimum atomic E-state index is -0.465. The van der Waals surface area contributed by atoms with E-state index < -0.39 is 11.3 Å². The number of aryl methyl sites for hydroxylation is 3. The first-order valence-electron chi connectivity index (χ1n) is 8.42. The fourth-order valence-electron chi connectivity index (χ4n) is 2.88. The van der Waals surface area contributed by atoms with Gasteiger partial charge >= 0.3 is 6.03 Å². The van der Waals surface area contributed by atoms with Crippen LogP contribution in [0.5, 0.6) is 0 Å². The molecule has 0 fully saturated rings. The van der Waals surface area contributed by atoms with E-state index in [2.05, 4.69) is 20.6 Å². The van der Waals surface area contributed by atoms with Crippen LogP contribution < -0.4 is 10.6 Å². The molecule has 2 N–H and O–H groups in total. The number of thiophene rings is 1. The maximum absolute atomic E-state index is 12.3. The maximum Gasteiger partial charge on any atom is 0.321 e. The number of thioether (sulfide) groups is 1. The topological polar surface area (TPSA) is 84.0 Å². The minimum Gasteiger partial charge on any atom is -0.336 e. The molecule has 6 nitrogen and oxygen atoms in total. The van der Waals surface area contributed by atoms with Crippen molar-refractivity contribution in [1.29, 1.82) is 0 Å². The summed E-state index contributed by atoms with van der Waals surface area (Å²) in [6, 6.07) is -0.485. The van der Waals surface area contributed by atoms with Gasteiger partial charge < -0.3 is 5.32 Å². The van der Waals surface area contributed by atoms with Gasteiger partial charge in [-0.3, -0.25) is 10.1 Å². The normalized spacial score (nSPS) is 14.6. The average Bonchev–Trinajstić information content (AvgIpc) is 3.05. The molecule has 0 aliphatic heterocycles. The molecule has 8 heteroatoms. The Morgan fingerprint density at radius 2 is 1.96 bits per heavy atom. The van der Waals surface area contributed by atoms with Gasteiger partial charge in [0.15, 0.2) is 0 Å². The number of hydrogen-bond donors (Lipinski definition) is 2. The number of aromatic nitrogens is 2. The second kappa shape index (κ2) is 7.29. The highest BCUT2D eigenvalue weighted by Gasteiger charge is 2.25. The molecule has 1 atom stereocenters. The van der Waals surface area contributed by atoms with Gasteiger partial charge in [-0.05, 0) is 52.5 Å². The van der Waals surface area contributed by atoms with Crippen LogP contribution in [0.15, 0.2) is 5.03 Å². The van der Waals surface area contributed by atoms with Crippen molar-refractivity contribution in [1.82, 2.24) is 20.6 Å². The van der Waals surface area contributed by atoms with Crippen LogP contribution in [0.4, 0.5) is 4.79 Å². The number of fused-ring (bicyclic) bond motifs is 3. The van der Waals surface area contributed by atoms with E-state index in [1.807, 2.05) is 20.8 Å². The van der Waals surface area contributed by atoms with Crippen LogP contribution in [0.1, 0.15) is 43.5 Å². The Hall–Kier alpha value is -1.67. The van der Waals surface area contributed by atoms with E-state index in [9.17, 15) is 9.59 Å². The van der Waals surface area contributed by atoms with Gasteiger partial charge in [-0.1, -0.05) is 11.8 Å². The molecule has 1 aliphatic carbocycles. The number of nitrogens with one attached hydrogen (secondary N) is 2. The zero-order valence-electron chi connectivity index (χ0n) is 14.8. The quantitative estimate of drug-likeness (QED) is 0.630. The van der Waals surface area contributed by atoms with Crippen LogP contribution in [0, 0.1) is 6.92 Å². The summed E-state index contributed by atoms with van der Waals surface area (Å²) in [5.74, 6) is 0.388. The second-order valence-corrected chi connectivity index (χ2v) is 8.90. The van der Waals surface area contributed by atoms with Crippen LogP contribution in [-0.4, -0.2) is 33.2 Å². The van der Waals surface area contributed by atoms with Crippen molar-refractivity contribution in [2.75, 3.05) is 0 Å². The Morgan fingerprint density at radius 1 is 1.20 bits per heavy atom. The van der Waals surface area contributed by atoms with E-state index in [-0.39, 0.29) is 11.9 Å². The molecule has 3 amide bonds. The Balaban J connectivity index is 1.80. The summed E-state index contributed by atoms with van der Waals surface area (Å²) in [6.07, 6.45) is 3.32. The molecule has 25 heavy (non-hydrogen) atoms. The van der Waals surface area contributed by atoms with Crippen molar-refractivity contribution in [3.8, 4) is 0 Å². The Labute approximate surface area is 155 Å². The average molecular weight is 379 g/mol. The molecule has 0 saturated heterocycles. The van der Waals surface area contributed by atoms with Crippen LogP contribution in [0.25, 0.3) is 10.2 Å². The zero-order valence-corrected chi connectivity index (χ0v) is 16.4. The third kappa shape index (κ3) is 3.95. The van der Waals surface area contributed by atoms with Gasteiger partial charge in [0, 0.05) is 16.3 Å². The molecule has 3 rings (SSSR count). The molecule has 0 saturated carbocycles. The molecule has 0 radical (unpaired) electrons. The highest BCUT2D eigenvalue weighted by molar-refractivity contribution is 8.00. The smallest absolute Gasteiger partial charge is 0.321 e. The first-order valence-corrected chi connectivity index (χ1v) is 10.1. The molecule has 2 heterocycles. The molecule has 0 aromatic carbocycles. The number of rotatable bonds is 4. The van der Waals surface area contributed by atoms with Crippen molar-refractivity contribution in [3.63, 3.8) is 0 Å². The van der Waals surface area contributed by atoms with Crippen molar-refractivity contribution in [2.24, 2.45) is 0 Å². The Kier molecular flexibility index (Phi) is 5.29. The number of carbonyl (C=O) groups excluding carboxylic acids is 2. The van der Waals surface area contributed by atoms with Crippen molar-refractivity contribution in [3.05, 3.63) is 16.3 Å². The van der Waals surface area contributed by atoms with Crippen LogP contribution >= 0.6 is 23.1 Å². The Bertz CT molecular complexity index is 832. The summed E-state index contributed by atoms with van der Waals surface area (Å²) >= 11 is 3.13.